The van der Waals surface area contributed by atoms with Crippen molar-refractivity contribution in [3.8, 4) is 0 Å². The van der Waals surface area contributed by atoms with Gasteiger partial charge in [-0.3, -0.25) is 15.5 Å². The lowest BCUT2D eigenvalue weighted by atomic mass is 10.2. The van der Waals surface area contributed by atoms with Crippen LogP contribution in [0.1, 0.15) is 5.56 Å². The van der Waals surface area contributed by atoms with Crippen LogP contribution < -0.4 is 16.2 Å². The predicted octanol–water partition coefficient (Wildman–Crippen LogP) is 0.961. The van der Waals surface area contributed by atoms with Crippen molar-refractivity contribution < 1.29 is 14.3 Å². The van der Waals surface area contributed by atoms with Gasteiger partial charge in [-0.2, -0.15) is 0 Å². The van der Waals surface area contributed by atoms with E-state index in [0.717, 1.165) is 5.56 Å². The van der Waals surface area contributed by atoms with Crippen LogP contribution in [0.25, 0.3) is 6.08 Å². The summed E-state index contributed by atoms with van der Waals surface area (Å²) in [4.78, 5) is 22.2. The second-order valence-electron chi connectivity index (χ2n) is 3.30. The van der Waals surface area contributed by atoms with Gasteiger partial charge < -0.3 is 4.74 Å². The number of benzene rings is 1. The Kier molecular flexibility index (Phi) is 6.04. The number of methoxy groups -OCH3 is 1. The van der Waals surface area contributed by atoms with Crippen LogP contribution in [-0.4, -0.2) is 24.2 Å². The number of hydrogen-bond acceptors (Lipinski definition) is 4. The van der Waals surface area contributed by atoms with E-state index in [9.17, 15) is 9.59 Å². The first kappa shape index (κ1) is 14.7. The number of thiocarbonyl (C=S) groups is 1. The maximum absolute atomic E-state index is 11.5. The van der Waals surface area contributed by atoms with E-state index in [-0.39, 0.29) is 5.11 Å². The van der Waals surface area contributed by atoms with E-state index in [2.05, 4.69) is 20.9 Å². The van der Waals surface area contributed by atoms with Gasteiger partial charge >= 0.3 is 6.09 Å². The average molecular weight is 279 g/mol. The quantitative estimate of drug-likeness (QED) is 0.427. The Hall–Kier alpha value is -2.41. The Bertz CT molecular complexity index is 488. The van der Waals surface area contributed by atoms with Crippen LogP contribution in [0.5, 0.6) is 0 Å². The Morgan fingerprint density at radius 1 is 1.21 bits per heavy atom. The van der Waals surface area contributed by atoms with Gasteiger partial charge in [-0.15, -0.1) is 0 Å². The van der Waals surface area contributed by atoms with Gasteiger partial charge in [0.25, 0.3) is 0 Å². The largest absolute Gasteiger partial charge is 0.452 e. The van der Waals surface area contributed by atoms with Crippen molar-refractivity contribution in [2.24, 2.45) is 0 Å². The summed E-state index contributed by atoms with van der Waals surface area (Å²) in [7, 11) is 1.21. The number of rotatable bonds is 2. The summed E-state index contributed by atoms with van der Waals surface area (Å²) in [6, 6.07) is 9.33. The summed E-state index contributed by atoms with van der Waals surface area (Å²) in [5.41, 5.74) is 5.32. The zero-order valence-electron chi connectivity index (χ0n) is 10.2. The molecule has 0 radical (unpaired) electrons. The molecule has 1 rings (SSSR count). The molecule has 0 saturated carbocycles. The molecule has 1 aromatic carbocycles. The highest BCUT2D eigenvalue weighted by Crippen LogP contribution is 2.00. The first-order chi connectivity index (χ1) is 9.11. The highest BCUT2D eigenvalue weighted by atomic mass is 32.1. The Labute approximate surface area is 115 Å². The van der Waals surface area contributed by atoms with Gasteiger partial charge in [-0.25, -0.2) is 10.2 Å². The first-order valence-corrected chi connectivity index (χ1v) is 5.70. The molecule has 2 amide bonds. The molecular weight excluding hydrogens is 266 g/mol. The van der Waals surface area contributed by atoms with Gasteiger partial charge in [0.1, 0.15) is 0 Å². The number of ether oxygens (including phenoxy) is 1. The van der Waals surface area contributed by atoms with E-state index in [1.807, 2.05) is 30.3 Å². The molecule has 0 unspecified atom stereocenters. The number of hydrogen-bond donors (Lipinski definition) is 3. The summed E-state index contributed by atoms with van der Waals surface area (Å²) >= 11 is 4.78. The minimum absolute atomic E-state index is 0.0342. The van der Waals surface area contributed by atoms with Gasteiger partial charge in [-0.05, 0) is 23.9 Å². The third-order valence-corrected chi connectivity index (χ3v) is 2.13. The zero-order valence-corrected chi connectivity index (χ0v) is 11.0. The van der Waals surface area contributed by atoms with Crippen LogP contribution in [0.4, 0.5) is 4.79 Å². The maximum Gasteiger partial charge on any atom is 0.425 e. The number of nitrogens with one attached hydrogen (secondary N) is 3. The number of carbonyl (C=O) groups is 2. The summed E-state index contributed by atoms with van der Waals surface area (Å²) in [6.45, 7) is 0. The fourth-order valence-corrected chi connectivity index (χ4v) is 1.23. The predicted molar refractivity (Wildman–Crippen MR) is 74.9 cm³/mol. The molecule has 0 heterocycles. The number of amides is 2. The fraction of sp³-hybridized carbons (Fsp3) is 0.0833. The molecule has 0 aliphatic rings. The van der Waals surface area contributed by atoms with Crippen molar-refractivity contribution in [1.29, 1.82) is 0 Å². The third-order valence-electron chi connectivity index (χ3n) is 1.93. The highest BCUT2D eigenvalue weighted by Gasteiger charge is 2.02. The molecule has 0 saturated heterocycles. The molecule has 1 aromatic rings. The summed E-state index contributed by atoms with van der Waals surface area (Å²) in [5, 5.41) is 2.32. The Morgan fingerprint density at radius 2 is 1.89 bits per heavy atom. The number of hydrazine groups is 1. The summed E-state index contributed by atoms with van der Waals surface area (Å²) in [5.74, 6) is -0.409. The lowest BCUT2D eigenvalue weighted by Crippen LogP contribution is -2.48. The average Bonchev–Trinajstić information content (AvgIpc) is 2.43. The van der Waals surface area contributed by atoms with Crippen molar-refractivity contribution in [1.82, 2.24) is 16.2 Å². The lowest BCUT2D eigenvalue weighted by molar-refractivity contribution is -0.115. The molecule has 7 heteroatoms. The van der Waals surface area contributed by atoms with E-state index >= 15 is 0 Å². The van der Waals surface area contributed by atoms with E-state index < -0.39 is 12.0 Å². The van der Waals surface area contributed by atoms with Crippen LogP contribution >= 0.6 is 12.2 Å². The molecule has 0 fully saturated rings. The molecule has 100 valence electrons. The van der Waals surface area contributed by atoms with E-state index in [1.54, 1.807) is 6.08 Å². The van der Waals surface area contributed by atoms with Crippen molar-refractivity contribution >= 4 is 35.4 Å². The molecule has 0 atom stereocenters. The normalized spacial score (nSPS) is 9.74. The molecule has 0 aliphatic heterocycles. The second kappa shape index (κ2) is 7.83. The molecule has 0 bridgehead atoms. The smallest absolute Gasteiger partial charge is 0.425 e. The van der Waals surface area contributed by atoms with Gasteiger partial charge in [0.05, 0.1) is 7.11 Å². The topological polar surface area (TPSA) is 79.5 Å². The molecule has 0 spiro atoms. The SMILES string of the molecule is COC(=O)NNC(=S)NC(=O)C=Cc1ccccc1. The van der Waals surface area contributed by atoms with Crippen LogP contribution in [0.3, 0.4) is 0 Å². The van der Waals surface area contributed by atoms with E-state index in [0.29, 0.717) is 0 Å². The van der Waals surface area contributed by atoms with Crippen LogP contribution in [0.15, 0.2) is 36.4 Å². The lowest BCUT2D eigenvalue weighted by Gasteiger charge is -2.08. The van der Waals surface area contributed by atoms with Gasteiger partial charge in [0, 0.05) is 6.08 Å². The molecular formula is C12H13N3O3S. The van der Waals surface area contributed by atoms with Crippen LogP contribution in [0.2, 0.25) is 0 Å². The van der Waals surface area contributed by atoms with Crippen molar-refractivity contribution in [2.75, 3.05) is 7.11 Å². The highest BCUT2D eigenvalue weighted by molar-refractivity contribution is 7.80. The summed E-state index contributed by atoms with van der Waals surface area (Å²) < 4.78 is 4.31. The fourth-order valence-electron chi connectivity index (χ4n) is 1.08. The second-order valence-corrected chi connectivity index (χ2v) is 3.71. The Balaban J connectivity index is 2.37. The van der Waals surface area contributed by atoms with Crippen molar-refractivity contribution in [3.63, 3.8) is 0 Å². The zero-order chi connectivity index (χ0) is 14.1. The monoisotopic (exact) mass is 279 g/mol. The summed E-state index contributed by atoms with van der Waals surface area (Å²) in [6.07, 6.45) is 2.27. The van der Waals surface area contributed by atoms with Crippen molar-refractivity contribution in [3.05, 3.63) is 42.0 Å². The van der Waals surface area contributed by atoms with Gasteiger partial charge in [0.2, 0.25) is 5.91 Å². The van der Waals surface area contributed by atoms with Gasteiger partial charge in [0.15, 0.2) is 5.11 Å². The van der Waals surface area contributed by atoms with Crippen LogP contribution in [0, 0.1) is 0 Å². The molecule has 0 aromatic heterocycles. The van der Waals surface area contributed by atoms with Gasteiger partial charge in [-0.1, -0.05) is 30.3 Å². The van der Waals surface area contributed by atoms with Crippen LogP contribution in [-0.2, 0) is 9.53 Å². The minimum Gasteiger partial charge on any atom is -0.452 e. The van der Waals surface area contributed by atoms with Crippen molar-refractivity contribution in [2.45, 2.75) is 0 Å². The standard InChI is InChI=1S/C12H13N3O3S/c1-18-12(17)15-14-11(19)13-10(16)8-7-9-5-3-2-4-6-9/h2-8H,1H3,(H,15,17)(H2,13,14,16,19). The number of carbonyl (C=O) groups excluding carboxylic acids is 2. The molecule has 6 nitrogen and oxygen atoms in total. The minimum atomic E-state index is -0.712. The third kappa shape index (κ3) is 6.18. The first-order valence-electron chi connectivity index (χ1n) is 5.30. The molecule has 3 N–H and O–H groups in total. The van der Waals surface area contributed by atoms with E-state index in [4.69, 9.17) is 12.2 Å². The molecule has 19 heavy (non-hydrogen) atoms. The van der Waals surface area contributed by atoms with E-state index in [1.165, 1.54) is 13.2 Å². The molecule has 0 aliphatic carbocycles. The maximum atomic E-state index is 11.5. The Morgan fingerprint density at radius 3 is 2.53 bits per heavy atom.